The first-order chi connectivity index (χ1) is 9.95. The van der Waals surface area contributed by atoms with E-state index in [1.807, 2.05) is 12.1 Å². The monoisotopic (exact) mass is 354 g/mol. The van der Waals surface area contributed by atoms with E-state index >= 15 is 0 Å². The van der Waals surface area contributed by atoms with Crippen LogP contribution in [0, 0.1) is 11.6 Å². The van der Waals surface area contributed by atoms with Gasteiger partial charge in [0.05, 0.1) is 5.69 Å². The lowest BCUT2D eigenvalue weighted by atomic mass is 10.2. The maximum Gasteiger partial charge on any atom is 0.246 e. The van der Waals surface area contributed by atoms with E-state index in [1.165, 1.54) is 0 Å². The topological polar surface area (TPSA) is 41.1 Å². The molecule has 0 saturated carbocycles. The standard InChI is InChI=1S/C15H13BrF2N2O/c1-9(19-12-5-2-10(16)3-6-12)15(21)20-14-8-11(17)4-7-13(14)18/h2-9,19H,1H3,(H,20,21)/t9-/m1/s1. The summed E-state index contributed by atoms with van der Waals surface area (Å²) in [7, 11) is 0. The van der Waals surface area contributed by atoms with Gasteiger partial charge in [0.25, 0.3) is 0 Å². The van der Waals surface area contributed by atoms with Crippen LogP contribution in [0.2, 0.25) is 0 Å². The SMILES string of the molecule is C[C@@H](Nc1ccc(Br)cc1)C(=O)Nc1cc(F)ccc1F. The van der Waals surface area contributed by atoms with Crippen LogP contribution in [-0.2, 0) is 4.79 Å². The molecule has 0 heterocycles. The molecule has 2 aromatic rings. The van der Waals surface area contributed by atoms with Crippen LogP contribution in [0.15, 0.2) is 46.9 Å². The van der Waals surface area contributed by atoms with Crippen molar-refractivity contribution in [1.82, 2.24) is 0 Å². The van der Waals surface area contributed by atoms with Gasteiger partial charge in [-0.3, -0.25) is 4.79 Å². The number of nitrogens with one attached hydrogen (secondary N) is 2. The van der Waals surface area contributed by atoms with Crippen molar-refractivity contribution in [3.63, 3.8) is 0 Å². The van der Waals surface area contributed by atoms with Gasteiger partial charge in [-0.15, -0.1) is 0 Å². The summed E-state index contributed by atoms with van der Waals surface area (Å²) in [5.74, 6) is -1.75. The lowest BCUT2D eigenvalue weighted by Gasteiger charge is -2.15. The summed E-state index contributed by atoms with van der Waals surface area (Å²) in [6.07, 6.45) is 0. The normalized spacial score (nSPS) is 11.8. The highest BCUT2D eigenvalue weighted by Crippen LogP contribution is 2.17. The molecule has 2 rings (SSSR count). The van der Waals surface area contributed by atoms with E-state index in [1.54, 1.807) is 19.1 Å². The van der Waals surface area contributed by atoms with E-state index in [9.17, 15) is 13.6 Å². The van der Waals surface area contributed by atoms with Crippen molar-refractivity contribution in [3.05, 3.63) is 58.6 Å². The second kappa shape index (κ2) is 6.67. The summed E-state index contributed by atoms with van der Waals surface area (Å²) in [5.41, 5.74) is 0.574. The fourth-order valence-electron chi connectivity index (χ4n) is 1.70. The number of halogens is 3. The number of rotatable bonds is 4. The van der Waals surface area contributed by atoms with E-state index in [0.717, 1.165) is 28.4 Å². The van der Waals surface area contributed by atoms with Gasteiger partial charge in [-0.1, -0.05) is 15.9 Å². The summed E-state index contributed by atoms with van der Waals surface area (Å²) < 4.78 is 27.4. The average Bonchev–Trinajstić information content (AvgIpc) is 2.45. The summed E-state index contributed by atoms with van der Waals surface area (Å²) in [6, 6.07) is 9.58. The Balaban J connectivity index is 2.02. The quantitative estimate of drug-likeness (QED) is 0.865. The Bertz CT molecular complexity index is 647. The second-order valence-electron chi connectivity index (χ2n) is 4.49. The van der Waals surface area contributed by atoms with Gasteiger partial charge < -0.3 is 10.6 Å². The third-order valence-electron chi connectivity index (χ3n) is 2.81. The van der Waals surface area contributed by atoms with Crippen LogP contribution < -0.4 is 10.6 Å². The zero-order valence-corrected chi connectivity index (χ0v) is 12.7. The fourth-order valence-corrected chi connectivity index (χ4v) is 1.96. The predicted octanol–water partition coefficient (Wildman–Crippen LogP) is 4.17. The van der Waals surface area contributed by atoms with Crippen LogP contribution in [0.25, 0.3) is 0 Å². The van der Waals surface area contributed by atoms with Crippen LogP contribution in [0.1, 0.15) is 6.92 Å². The Morgan fingerprint density at radius 3 is 2.48 bits per heavy atom. The molecule has 2 aromatic carbocycles. The largest absolute Gasteiger partial charge is 0.374 e. The number of carbonyl (C=O) groups is 1. The molecule has 0 bridgehead atoms. The minimum atomic E-state index is -0.680. The van der Waals surface area contributed by atoms with Crippen LogP contribution in [0.4, 0.5) is 20.2 Å². The van der Waals surface area contributed by atoms with Crippen molar-refractivity contribution in [2.45, 2.75) is 13.0 Å². The van der Waals surface area contributed by atoms with Crippen LogP contribution in [0.5, 0.6) is 0 Å². The van der Waals surface area contributed by atoms with E-state index in [-0.39, 0.29) is 5.69 Å². The van der Waals surface area contributed by atoms with E-state index < -0.39 is 23.6 Å². The molecule has 0 aliphatic heterocycles. The summed E-state index contributed by atoms with van der Waals surface area (Å²) in [6.45, 7) is 1.63. The van der Waals surface area contributed by atoms with Crippen molar-refractivity contribution < 1.29 is 13.6 Å². The number of hydrogen-bond donors (Lipinski definition) is 2. The number of hydrogen-bond acceptors (Lipinski definition) is 2. The number of amides is 1. The third kappa shape index (κ3) is 4.26. The Morgan fingerprint density at radius 1 is 1.14 bits per heavy atom. The molecule has 2 N–H and O–H groups in total. The van der Waals surface area contributed by atoms with Crippen molar-refractivity contribution >= 4 is 33.2 Å². The fraction of sp³-hybridized carbons (Fsp3) is 0.133. The Kier molecular flexibility index (Phi) is 4.90. The summed E-state index contributed by atoms with van der Waals surface area (Å²) in [4.78, 5) is 12.0. The molecule has 21 heavy (non-hydrogen) atoms. The Labute approximate surface area is 129 Å². The second-order valence-corrected chi connectivity index (χ2v) is 5.40. The first kappa shape index (κ1) is 15.4. The molecule has 6 heteroatoms. The lowest BCUT2D eigenvalue weighted by Crippen LogP contribution is -2.32. The van der Waals surface area contributed by atoms with Gasteiger partial charge in [-0.05, 0) is 43.3 Å². The highest BCUT2D eigenvalue weighted by atomic mass is 79.9. The van der Waals surface area contributed by atoms with Gasteiger partial charge in [0, 0.05) is 16.2 Å². The Morgan fingerprint density at radius 2 is 1.81 bits per heavy atom. The average molecular weight is 355 g/mol. The molecular formula is C15H13BrF2N2O. The van der Waals surface area contributed by atoms with Gasteiger partial charge in [-0.25, -0.2) is 8.78 Å². The van der Waals surface area contributed by atoms with Crippen molar-refractivity contribution in [2.24, 2.45) is 0 Å². The molecule has 0 fully saturated rings. The molecule has 110 valence electrons. The van der Waals surface area contributed by atoms with E-state index in [4.69, 9.17) is 0 Å². The highest BCUT2D eigenvalue weighted by molar-refractivity contribution is 9.10. The molecule has 0 radical (unpaired) electrons. The molecule has 0 saturated heterocycles. The summed E-state index contributed by atoms with van der Waals surface area (Å²) in [5, 5.41) is 5.33. The smallest absolute Gasteiger partial charge is 0.246 e. The molecule has 0 aromatic heterocycles. The van der Waals surface area contributed by atoms with Gasteiger partial charge in [0.1, 0.15) is 17.7 Å². The maximum absolute atomic E-state index is 13.5. The minimum absolute atomic E-state index is 0.176. The molecule has 1 amide bonds. The van der Waals surface area contributed by atoms with Gasteiger partial charge >= 0.3 is 0 Å². The molecule has 0 spiro atoms. The first-order valence-electron chi connectivity index (χ1n) is 6.24. The molecule has 0 aliphatic carbocycles. The summed E-state index contributed by atoms with van der Waals surface area (Å²) >= 11 is 3.32. The lowest BCUT2D eigenvalue weighted by molar-refractivity contribution is -0.116. The third-order valence-corrected chi connectivity index (χ3v) is 3.34. The van der Waals surface area contributed by atoms with Crippen molar-refractivity contribution in [3.8, 4) is 0 Å². The first-order valence-corrected chi connectivity index (χ1v) is 7.03. The molecule has 3 nitrogen and oxygen atoms in total. The Hall–Kier alpha value is -1.95. The molecule has 0 aliphatic rings. The molecular weight excluding hydrogens is 342 g/mol. The van der Waals surface area contributed by atoms with Crippen LogP contribution >= 0.6 is 15.9 Å². The van der Waals surface area contributed by atoms with Gasteiger partial charge in [0.2, 0.25) is 5.91 Å². The van der Waals surface area contributed by atoms with Crippen molar-refractivity contribution in [2.75, 3.05) is 10.6 Å². The van der Waals surface area contributed by atoms with E-state index in [2.05, 4.69) is 26.6 Å². The van der Waals surface area contributed by atoms with Gasteiger partial charge in [-0.2, -0.15) is 0 Å². The van der Waals surface area contributed by atoms with Crippen molar-refractivity contribution in [1.29, 1.82) is 0 Å². The van der Waals surface area contributed by atoms with Gasteiger partial charge in [0.15, 0.2) is 0 Å². The van der Waals surface area contributed by atoms with Crippen LogP contribution in [-0.4, -0.2) is 11.9 Å². The molecule has 0 unspecified atom stereocenters. The number of anilines is 2. The zero-order chi connectivity index (χ0) is 15.4. The highest BCUT2D eigenvalue weighted by Gasteiger charge is 2.15. The number of benzene rings is 2. The maximum atomic E-state index is 13.5. The number of carbonyl (C=O) groups excluding carboxylic acids is 1. The van der Waals surface area contributed by atoms with E-state index in [0.29, 0.717) is 0 Å². The minimum Gasteiger partial charge on any atom is -0.374 e. The van der Waals surface area contributed by atoms with Crippen LogP contribution in [0.3, 0.4) is 0 Å². The zero-order valence-electron chi connectivity index (χ0n) is 11.2. The molecule has 1 atom stereocenters. The predicted molar refractivity (Wildman–Crippen MR) is 82.2 cm³/mol.